The van der Waals surface area contributed by atoms with Gasteiger partial charge in [-0.3, -0.25) is 14.5 Å². The van der Waals surface area contributed by atoms with E-state index in [1.54, 1.807) is 14.0 Å². The van der Waals surface area contributed by atoms with Crippen LogP contribution in [0.3, 0.4) is 0 Å². The van der Waals surface area contributed by atoms with Gasteiger partial charge in [-0.05, 0) is 26.2 Å². The van der Waals surface area contributed by atoms with E-state index in [9.17, 15) is 9.59 Å². The number of nitrogens with zero attached hydrogens (tertiary/aromatic N) is 4. The van der Waals surface area contributed by atoms with Gasteiger partial charge in [0.1, 0.15) is 0 Å². The third kappa shape index (κ3) is 5.05. The third-order valence-electron chi connectivity index (χ3n) is 5.43. The normalized spacial score (nSPS) is 21.1. The number of nitrogens with one attached hydrogen (secondary N) is 1. The Morgan fingerprint density at radius 3 is 2.93 bits per heavy atom. The fraction of sp³-hybridized carbons (Fsp3) is 0.700. The molecule has 0 radical (unpaired) electrons. The van der Waals surface area contributed by atoms with Crippen LogP contribution in [0.2, 0.25) is 0 Å². The summed E-state index contributed by atoms with van der Waals surface area (Å²) in [4.78, 5) is 37.5. The fourth-order valence-electron chi connectivity index (χ4n) is 4.08. The van der Waals surface area contributed by atoms with E-state index in [4.69, 9.17) is 9.72 Å². The summed E-state index contributed by atoms with van der Waals surface area (Å²) in [5.74, 6) is 0.851. The van der Waals surface area contributed by atoms with Crippen LogP contribution >= 0.6 is 0 Å². The maximum Gasteiger partial charge on any atom is 0.234 e. The Morgan fingerprint density at radius 1 is 1.36 bits per heavy atom. The van der Waals surface area contributed by atoms with Crippen LogP contribution in [0, 0.1) is 0 Å². The monoisotopic (exact) mass is 389 g/mol. The highest BCUT2D eigenvalue weighted by Crippen LogP contribution is 2.29. The smallest absolute Gasteiger partial charge is 0.234 e. The molecule has 2 aliphatic rings. The summed E-state index contributed by atoms with van der Waals surface area (Å²) in [6, 6.07) is -0.0113. The minimum absolute atomic E-state index is 0.000170. The number of amides is 2. The molecule has 0 spiro atoms. The zero-order valence-corrected chi connectivity index (χ0v) is 17.1. The molecule has 3 heterocycles. The number of likely N-dealkylation sites (tertiary alicyclic amines) is 1. The molecular formula is C20H31N5O3. The number of hydrogen-bond donors (Lipinski definition) is 1. The Labute approximate surface area is 166 Å². The van der Waals surface area contributed by atoms with Crippen molar-refractivity contribution < 1.29 is 14.3 Å². The van der Waals surface area contributed by atoms with Gasteiger partial charge in [-0.1, -0.05) is 0 Å². The molecule has 8 heteroatoms. The summed E-state index contributed by atoms with van der Waals surface area (Å²) in [6.07, 6.45) is 5.73. The molecule has 2 atom stereocenters. The molecule has 0 aromatic carbocycles. The number of rotatable bonds is 6. The fourth-order valence-corrected chi connectivity index (χ4v) is 4.08. The zero-order valence-electron chi connectivity index (χ0n) is 17.1. The van der Waals surface area contributed by atoms with E-state index in [-0.39, 0.29) is 23.9 Å². The molecule has 0 unspecified atom stereocenters. The molecule has 1 N–H and O–H groups in total. The lowest BCUT2D eigenvalue weighted by molar-refractivity contribution is -0.132. The van der Waals surface area contributed by atoms with Crippen LogP contribution in [-0.4, -0.2) is 71.0 Å². The second kappa shape index (κ2) is 9.43. The molecule has 28 heavy (non-hydrogen) atoms. The Bertz CT molecular complexity index is 711. The van der Waals surface area contributed by atoms with Crippen LogP contribution in [0.5, 0.6) is 0 Å². The van der Waals surface area contributed by atoms with Gasteiger partial charge in [0, 0.05) is 63.6 Å². The van der Waals surface area contributed by atoms with Crippen molar-refractivity contribution in [2.75, 3.05) is 33.4 Å². The molecule has 0 saturated carbocycles. The first kappa shape index (κ1) is 20.7. The Balaban J connectivity index is 1.62. The second-order valence-electron chi connectivity index (χ2n) is 7.81. The number of ether oxygens (including phenoxy) is 1. The molecular weight excluding hydrogens is 358 g/mol. The Kier molecular flexibility index (Phi) is 6.96. The lowest BCUT2D eigenvalue weighted by Gasteiger charge is -2.35. The lowest BCUT2D eigenvalue weighted by Crippen LogP contribution is -2.44. The van der Waals surface area contributed by atoms with Gasteiger partial charge in [-0.25, -0.2) is 9.97 Å². The largest absolute Gasteiger partial charge is 0.383 e. The van der Waals surface area contributed by atoms with Gasteiger partial charge in [0.15, 0.2) is 5.82 Å². The molecule has 2 amide bonds. The zero-order chi connectivity index (χ0) is 20.1. The summed E-state index contributed by atoms with van der Waals surface area (Å²) in [7, 11) is 1.63. The average molecular weight is 390 g/mol. The first-order chi connectivity index (χ1) is 13.5. The first-order valence-corrected chi connectivity index (χ1v) is 10.1. The number of fused-ring (bicyclic) bond motifs is 1. The van der Waals surface area contributed by atoms with E-state index in [1.165, 1.54) is 0 Å². The van der Waals surface area contributed by atoms with Gasteiger partial charge in [-0.2, -0.15) is 0 Å². The number of carbonyl (C=O) groups excluding carboxylic acids is 2. The van der Waals surface area contributed by atoms with Gasteiger partial charge in [0.2, 0.25) is 11.8 Å². The van der Waals surface area contributed by atoms with Crippen LogP contribution < -0.4 is 5.32 Å². The van der Waals surface area contributed by atoms with Crippen molar-refractivity contribution in [2.45, 2.75) is 58.2 Å². The van der Waals surface area contributed by atoms with Gasteiger partial charge >= 0.3 is 0 Å². The van der Waals surface area contributed by atoms with Crippen LogP contribution in [0.25, 0.3) is 0 Å². The molecule has 1 aromatic rings. The number of hydrogen-bond acceptors (Lipinski definition) is 6. The van der Waals surface area contributed by atoms with E-state index in [1.807, 2.05) is 18.0 Å². The van der Waals surface area contributed by atoms with Crippen molar-refractivity contribution in [1.29, 1.82) is 0 Å². The quantitative estimate of drug-likeness (QED) is 0.783. The number of carbonyl (C=O) groups is 2. The van der Waals surface area contributed by atoms with E-state index in [2.05, 4.69) is 15.2 Å². The molecule has 0 aliphatic carbocycles. The molecule has 1 aromatic heterocycles. The second-order valence-corrected chi connectivity index (χ2v) is 7.81. The van der Waals surface area contributed by atoms with Gasteiger partial charge in [0.25, 0.3) is 0 Å². The lowest BCUT2D eigenvalue weighted by atomic mass is 10.0. The highest BCUT2D eigenvalue weighted by molar-refractivity contribution is 5.78. The maximum atomic E-state index is 12.2. The topological polar surface area (TPSA) is 87.7 Å². The standard InChI is InChI=1S/C20H31N5O3/c1-14(13-28-3)22-19(27)12-24-9-7-17-16(11-24)10-21-20(23-17)18-6-4-5-8-25(18)15(2)26/h10,14,18H,4-9,11-13H2,1-3H3,(H,22,27)/t14-,18+/m1/s1. The van der Waals surface area contributed by atoms with Gasteiger partial charge in [-0.15, -0.1) is 0 Å². The van der Waals surface area contributed by atoms with E-state index >= 15 is 0 Å². The third-order valence-corrected chi connectivity index (χ3v) is 5.43. The maximum absolute atomic E-state index is 12.2. The van der Waals surface area contributed by atoms with Crippen LogP contribution in [0.4, 0.5) is 0 Å². The average Bonchev–Trinajstić information content (AvgIpc) is 2.67. The summed E-state index contributed by atoms with van der Waals surface area (Å²) in [5.41, 5.74) is 2.11. The molecule has 154 valence electrons. The Hall–Kier alpha value is -2.06. The molecule has 2 aliphatic heterocycles. The van der Waals surface area contributed by atoms with Gasteiger partial charge < -0.3 is 15.0 Å². The first-order valence-electron chi connectivity index (χ1n) is 10.1. The van der Waals surface area contributed by atoms with Crippen molar-refractivity contribution in [1.82, 2.24) is 25.1 Å². The van der Waals surface area contributed by atoms with Crippen LogP contribution in [-0.2, 0) is 27.3 Å². The summed E-state index contributed by atoms with van der Waals surface area (Å²) >= 11 is 0. The van der Waals surface area contributed by atoms with E-state index in [0.29, 0.717) is 19.7 Å². The van der Waals surface area contributed by atoms with Crippen LogP contribution in [0.1, 0.15) is 56.2 Å². The van der Waals surface area contributed by atoms with E-state index < -0.39 is 0 Å². The van der Waals surface area contributed by atoms with Crippen molar-refractivity contribution in [3.63, 3.8) is 0 Å². The highest BCUT2D eigenvalue weighted by Gasteiger charge is 2.29. The highest BCUT2D eigenvalue weighted by atomic mass is 16.5. The molecule has 8 nitrogen and oxygen atoms in total. The Morgan fingerprint density at radius 2 is 2.18 bits per heavy atom. The van der Waals surface area contributed by atoms with Crippen molar-refractivity contribution >= 4 is 11.8 Å². The summed E-state index contributed by atoms with van der Waals surface area (Å²) in [6.45, 7) is 6.65. The number of aromatic nitrogens is 2. The van der Waals surface area contributed by atoms with Crippen LogP contribution in [0.15, 0.2) is 6.20 Å². The van der Waals surface area contributed by atoms with Crippen molar-refractivity contribution in [3.05, 3.63) is 23.3 Å². The molecule has 0 bridgehead atoms. The van der Waals surface area contributed by atoms with Crippen molar-refractivity contribution in [2.24, 2.45) is 0 Å². The summed E-state index contributed by atoms with van der Waals surface area (Å²) in [5, 5.41) is 2.95. The predicted molar refractivity (Wildman–Crippen MR) is 104 cm³/mol. The number of piperidine rings is 1. The summed E-state index contributed by atoms with van der Waals surface area (Å²) < 4.78 is 5.06. The minimum Gasteiger partial charge on any atom is -0.383 e. The van der Waals surface area contributed by atoms with Gasteiger partial charge in [0.05, 0.1) is 19.2 Å². The molecule has 1 fully saturated rings. The SMILES string of the molecule is COC[C@@H](C)NC(=O)CN1CCc2nc([C@@H]3CCCCN3C(C)=O)ncc2C1. The molecule has 1 saturated heterocycles. The molecule has 3 rings (SSSR count). The van der Waals surface area contributed by atoms with E-state index in [0.717, 1.165) is 55.9 Å². The number of methoxy groups -OCH3 is 1. The minimum atomic E-state index is -0.0115. The van der Waals surface area contributed by atoms with Crippen molar-refractivity contribution in [3.8, 4) is 0 Å². The predicted octanol–water partition coefficient (Wildman–Crippen LogP) is 1.06.